The van der Waals surface area contributed by atoms with Gasteiger partial charge in [0.05, 0.1) is 25.4 Å². The summed E-state index contributed by atoms with van der Waals surface area (Å²) in [6.45, 7) is -0.423. The van der Waals surface area contributed by atoms with E-state index in [2.05, 4.69) is 0 Å². The molecular weight excluding hydrogens is 392 g/mol. The Kier molecular flexibility index (Phi) is 9.43. The molecule has 2 rings (SSSR count). The van der Waals surface area contributed by atoms with Crippen LogP contribution in [0.15, 0.2) is 60.7 Å². The zero-order valence-electron chi connectivity index (χ0n) is 16.3. The summed E-state index contributed by atoms with van der Waals surface area (Å²) in [4.78, 5) is 23.6. The molecule has 2 aromatic carbocycles. The molecule has 0 bridgehead atoms. The Bertz CT molecular complexity index is 713. The smallest absolute Gasteiger partial charge is 0.338 e. The molecule has 4 N–H and O–H groups in total. The Balaban J connectivity index is 1.69. The van der Waals surface area contributed by atoms with Gasteiger partial charge < -0.3 is 29.9 Å². The third-order valence-corrected chi connectivity index (χ3v) is 4.42. The van der Waals surface area contributed by atoms with Crippen molar-refractivity contribution in [1.82, 2.24) is 0 Å². The van der Waals surface area contributed by atoms with Crippen LogP contribution < -0.4 is 0 Å². The van der Waals surface area contributed by atoms with E-state index in [4.69, 9.17) is 9.47 Å². The number of hydrogen-bond donors (Lipinski definition) is 4. The Labute approximate surface area is 174 Å². The normalized spacial score (nSPS) is 14.9. The molecule has 0 amide bonds. The third-order valence-electron chi connectivity index (χ3n) is 4.42. The fourth-order valence-electron chi connectivity index (χ4n) is 2.65. The van der Waals surface area contributed by atoms with E-state index in [9.17, 15) is 30.0 Å². The van der Waals surface area contributed by atoms with Crippen molar-refractivity contribution in [2.75, 3.05) is 13.2 Å². The van der Waals surface area contributed by atoms with E-state index in [1.807, 2.05) is 0 Å². The van der Waals surface area contributed by atoms with Crippen LogP contribution in [0.25, 0.3) is 0 Å². The highest BCUT2D eigenvalue weighted by Crippen LogP contribution is 2.17. The molecule has 0 aliphatic heterocycles. The number of rotatable bonds is 11. The average molecular weight is 418 g/mol. The topological polar surface area (TPSA) is 134 Å². The summed E-state index contributed by atoms with van der Waals surface area (Å²) in [5.41, 5.74) is 1.30. The average Bonchev–Trinajstić information content (AvgIpc) is 2.78. The zero-order valence-corrected chi connectivity index (χ0v) is 16.3. The quantitative estimate of drug-likeness (QED) is 0.398. The summed E-state index contributed by atoms with van der Waals surface area (Å²) in [6, 6.07) is 17.5. The first-order valence-electron chi connectivity index (χ1n) is 9.55. The summed E-state index contributed by atoms with van der Waals surface area (Å²) < 4.78 is 9.62. The highest BCUT2D eigenvalue weighted by molar-refractivity contribution is 5.85. The third kappa shape index (κ3) is 7.23. The fraction of sp³-hybridized carbons (Fsp3) is 0.364. The van der Waals surface area contributed by atoms with Gasteiger partial charge in [-0.15, -0.1) is 0 Å². The molecule has 0 fully saturated rings. The molecule has 0 radical (unpaired) electrons. The number of aliphatic hydroxyl groups is 4. The van der Waals surface area contributed by atoms with E-state index in [0.29, 0.717) is 11.1 Å². The largest absolute Gasteiger partial charge is 0.464 e. The standard InChI is InChI=1S/C22H26O8/c23-17(15-7-3-1-4-8-15)11-13-29-21(27)19(25)20(26)22(28)30-14-12-18(24)16-9-5-2-6-10-16/h1-10,17-20,23-26H,11-14H2. The van der Waals surface area contributed by atoms with Crippen molar-refractivity contribution in [3.8, 4) is 0 Å². The molecule has 4 atom stereocenters. The maximum Gasteiger partial charge on any atom is 0.338 e. The van der Waals surface area contributed by atoms with E-state index in [-0.39, 0.29) is 26.1 Å². The van der Waals surface area contributed by atoms with Crippen molar-refractivity contribution in [2.45, 2.75) is 37.3 Å². The molecule has 0 aromatic heterocycles. The van der Waals surface area contributed by atoms with Gasteiger partial charge in [0.1, 0.15) is 0 Å². The van der Waals surface area contributed by atoms with Gasteiger partial charge in [0.2, 0.25) is 0 Å². The molecule has 0 spiro atoms. The van der Waals surface area contributed by atoms with Gasteiger partial charge in [-0.1, -0.05) is 60.7 Å². The SMILES string of the molecule is O=C(OCCC(O)c1ccccc1)C(O)C(O)C(=O)OCCC(O)c1ccccc1. The van der Waals surface area contributed by atoms with Gasteiger partial charge in [0, 0.05) is 12.8 Å². The Morgan fingerprint density at radius 1 is 0.633 bits per heavy atom. The summed E-state index contributed by atoms with van der Waals surface area (Å²) in [6.07, 6.45) is -5.79. The highest BCUT2D eigenvalue weighted by atomic mass is 16.6. The van der Waals surface area contributed by atoms with E-state index in [1.54, 1.807) is 60.7 Å². The number of ether oxygens (including phenoxy) is 2. The van der Waals surface area contributed by atoms with Crippen LogP contribution in [0, 0.1) is 0 Å². The molecule has 0 aliphatic carbocycles. The van der Waals surface area contributed by atoms with Crippen LogP contribution in [0.2, 0.25) is 0 Å². The predicted molar refractivity (Wildman–Crippen MR) is 106 cm³/mol. The van der Waals surface area contributed by atoms with Crippen LogP contribution in [-0.4, -0.2) is 57.8 Å². The van der Waals surface area contributed by atoms with Gasteiger partial charge in [-0.05, 0) is 11.1 Å². The molecule has 0 heterocycles. The molecule has 162 valence electrons. The van der Waals surface area contributed by atoms with Crippen molar-refractivity contribution in [1.29, 1.82) is 0 Å². The second-order valence-electron chi connectivity index (χ2n) is 6.65. The van der Waals surface area contributed by atoms with Crippen molar-refractivity contribution >= 4 is 11.9 Å². The van der Waals surface area contributed by atoms with Crippen molar-refractivity contribution < 1.29 is 39.5 Å². The molecule has 0 saturated heterocycles. The lowest BCUT2D eigenvalue weighted by Crippen LogP contribution is -2.42. The van der Waals surface area contributed by atoms with E-state index in [0.717, 1.165) is 0 Å². The van der Waals surface area contributed by atoms with Crippen molar-refractivity contribution in [2.24, 2.45) is 0 Å². The Hall–Kier alpha value is -2.78. The Morgan fingerprint density at radius 2 is 0.967 bits per heavy atom. The molecular formula is C22H26O8. The molecule has 30 heavy (non-hydrogen) atoms. The van der Waals surface area contributed by atoms with Gasteiger partial charge in [-0.3, -0.25) is 0 Å². The maximum absolute atomic E-state index is 11.8. The lowest BCUT2D eigenvalue weighted by molar-refractivity contribution is -0.173. The molecule has 0 saturated carbocycles. The number of carbonyl (C=O) groups is 2. The summed E-state index contributed by atoms with van der Waals surface area (Å²) >= 11 is 0. The second-order valence-corrected chi connectivity index (χ2v) is 6.65. The van der Waals surface area contributed by atoms with Gasteiger partial charge >= 0.3 is 11.9 Å². The number of benzene rings is 2. The van der Waals surface area contributed by atoms with Crippen LogP contribution in [-0.2, 0) is 19.1 Å². The fourth-order valence-corrected chi connectivity index (χ4v) is 2.65. The number of esters is 2. The summed E-state index contributed by atoms with van der Waals surface area (Å²) in [5, 5.41) is 39.6. The van der Waals surface area contributed by atoms with E-state index >= 15 is 0 Å². The zero-order chi connectivity index (χ0) is 21.9. The first-order chi connectivity index (χ1) is 14.4. The van der Waals surface area contributed by atoms with E-state index in [1.165, 1.54) is 0 Å². The van der Waals surface area contributed by atoms with Crippen molar-refractivity contribution in [3.05, 3.63) is 71.8 Å². The van der Waals surface area contributed by atoms with Crippen LogP contribution in [0.3, 0.4) is 0 Å². The summed E-state index contributed by atoms with van der Waals surface area (Å²) in [7, 11) is 0. The Morgan fingerprint density at radius 3 is 1.30 bits per heavy atom. The number of hydrogen-bond acceptors (Lipinski definition) is 8. The van der Waals surface area contributed by atoms with Crippen LogP contribution >= 0.6 is 0 Å². The monoisotopic (exact) mass is 418 g/mol. The lowest BCUT2D eigenvalue weighted by atomic mass is 10.1. The van der Waals surface area contributed by atoms with Gasteiger partial charge in [-0.2, -0.15) is 0 Å². The van der Waals surface area contributed by atoms with Crippen LogP contribution in [0.1, 0.15) is 36.2 Å². The molecule has 4 unspecified atom stereocenters. The van der Waals surface area contributed by atoms with Gasteiger partial charge in [-0.25, -0.2) is 9.59 Å². The molecule has 0 aliphatic rings. The maximum atomic E-state index is 11.8. The first kappa shape index (κ1) is 23.5. The second kappa shape index (κ2) is 12.0. The minimum Gasteiger partial charge on any atom is -0.464 e. The minimum atomic E-state index is -2.12. The van der Waals surface area contributed by atoms with Gasteiger partial charge in [0.25, 0.3) is 0 Å². The highest BCUT2D eigenvalue weighted by Gasteiger charge is 2.33. The minimum absolute atomic E-state index is 0.0837. The molecule has 8 nitrogen and oxygen atoms in total. The van der Waals surface area contributed by atoms with Crippen molar-refractivity contribution in [3.63, 3.8) is 0 Å². The predicted octanol–water partition coefficient (Wildman–Crippen LogP) is 1.04. The van der Waals surface area contributed by atoms with E-state index < -0.39 is 36.4 Å². The number of carbonyl (C=O) groups excluding carboxylic acids is 2. The van der Waals surface area contributed by atoms with Crippen LogP contribution in [0.5, 0.6) is 0 Å². The number of aliphatic hydroxyl groups excluding tert-OH is 4. The molecule has 8 heteroatoms. The molecule has 2 aromatic rings. The lowest BCUT2D eigenvalue weighted by Gasteiger charge is -2.17. The first-order valence-corrected chi connectivity index (χ1v) is 9.55. The van der Waals surface area contributed by atoms with Gasteiger partial charge in [0.15, 0.2) is 12.2 Å². The summed E-state index contributed by atoms with van der Waals surface area (Å²) in [5.74, 6) is -2.41. The van der Waals surface area contributed by atoms with Crippen LogP contribution in [0.4, 0.5) is 0 Å².